The molecule has 0 bridgehead atoms. The fraction of sp³-hybridized carbons (Fsp3) is 0.190. The molecule has 2 aromatic carbocycles. The molecule has 4 rings (SSSR count). The van der Waals surface area contributed by atoms with Crippen LogP contribution in [0.5, 0.6) is 5.75 Å². The lowest BCUT2D eigenvalue weighted by Crippen LogP contribution is -2.22. The molecular formula is C21H21N3O. The van der Waals surface area contributed by atoms with E-state index in [1.807, 2.05) is 22.9 Å². The average molecular weight is 331 g/mol. The number of benzene rings is 2. The van der Waals surface area contributed by atoms with E-state index in [1.165, 1.54) is 16.3 Å². The third-order valence-corrected chi connectivity index (χ3v) is 4.94. The van der Waals surface area contributed by atoms with E-state index in [4.69, 9.17) is 0 Å². The normalized spacial score (nSPS) is 12.9. The average Bonchev–Trinajstić information content (AvgIpc) is 3.05. The summed E-state index contributed by atoms with van der Waals surface area (Å²) in [6.07, 6.45) is 3.77. The van der Waals surface area contributed by atoms with Crippen molar-refractivity contribution < 1.29 is 5.11 Å². The first-order chi connectivity index (χ1) is 12.1. The molecule has 4 aromatic rings. The van der Waals surface area contributed by atoms with Crippen molar-refractivity contribution in [2.24, 2.45) is 0 Å². The molecule has 0 aliphatic rings. The van der Waals surface area contributed by atoms with E-state index < -0.39 is 0 Å². The molecule has 2 heterocycles. The van der Waals surface area contributed by atoms with E-state index in [-0.39, 0.29) is 11.8 Å². The van der Waals surface area contributed by atoms with Gasteiger partial charge in [0.15, 0.2) is 11.4 Å². The Morgan fingerprint density at radius 3 is 2.76 bits per heavy atom. The second kappa shape index (κ2) is 6.22. The van der Waals surface area contributed by atoms with Crippen molar-refractivity contribution in [1.82, 2.24) is 14.3 Å². The van der Waals surface area contributed by atoms with Gasteiger partial charge >= 0.3 is 0 Å². The number of rotatable bonds is 4. The first-order valence-corrected chi connectivity index (χ1v) is 8.47. The fourth-order valence-electron chi connectivity index (χ4n) is 3.41. The van der Waals surface area contributed by atoms with E-state index in [0.717, 1.165) is 12.2 Å². The van der Waals surface area contributed by atoms with Crippen LogP contribution in [-0.4, -0.2) is 26.4 Å². The van der Waals surface area contributed by atoms with Crippen molar-refractivity contribution in [1.29, 1.82) is 0 Å². The van der Waals surface area contributed by atoms with Gasteiger partial charge in [0, 0.05) is 18.8 Å². The Morgan fingerprint density at radius 1 is 1.08 bits per heavy atom. The second-order valence-electron chi connectivity index (χ2n) is 6.50. The van der Waals surface area contributed by atoms with Crippen molar-refractivity contribution in [2.45, 2.75) is 19.5 Å². The van der Waals surface area contributed by atoms with Crippen molar-refractivity contribution in [3.63, 3.8) is 0 Å². The molecule has 0 fully saturated rings. The van der Waals surface area contributed by atoms with Crippen LogP contribution in [0.4, 0.5) is 0 Å². The predicted molar refractivity (Wildman–Crippen MR) is 101 cm³/mol. The molecule has 126 valence electrons. The van der Waals surface area contributed by atoms with Crippen molar-refractivity contribution in [3.8, 4) is 5.75 Å². The summed E-state index contributed by atoms with van der Waals surface area (Å²) in [5, 5.41) is 12.5. The summed E-state index contributed by atoms with van der Waals surface area (Å²) in [6, 6.07) is 18.7. The molecule has 0 aliphatic carbocycles. The number of imidazole rings is 1. The molecule has 2 aromatic heterocycles. The Balaban J connectivity index is 1.66. The van der Waals surface area contributed by atoms with Gasteiger partial charge in [0.25, 0.3) is 0 Å². The summed E-state index contributed by atoms with van der Waals surface area (Å²) >= 11 is 0. The Hall–Kier alpha value is -2.85. The van der Waals surface area contributed by atoms with Crippen LogP contribution < -0.4 is 0 Å². The van der Waals surface area contributed by atoms with Gasteiger partial charge in [0.1, 0.15) is 0 Å². The Labute approximate surface area is 147 Å². The molecular weight excluding hydrogens is 310 g/mol. The number of aromatic nitrogens is 2. The van der Waals surface area contributed by atoms with Gasteiger partial charge in [-0.25, -0.2) is 4.98 Å². The minimum absolute atomic E-state index is 0.207. The lowest BCUT2D eigenvalue weighted by molar-refractivity contribution is 0.251. The van der Waals surface area contributed by atoms with Crippen LogP contribution in [0, 0.1) is 0 Å². The van der Waals surface area contributed by atoms with Crippen LogP contribution in [0.25, 0.3) is 16.4 Å². The zero-order chi connectivity index (χ0) is 17.4. The number of hydrogen-bond acceptors (Lipinski definition) is 3. The van der Waals surface area contributed by atoms with Crippen molar-refractivity contribution in [2.75, 3.05) is 7.05 Å². The van der Waals surface area contributed by atoms with E-state index in [1.54, 1.807) is 6.07 Å². The van der Waals surface area contributed by atoms with Crippen LogP contribution >= 0.6 is 0 Å². The Bertz CT molecular complexity index is 1030. The maximum absolute atomic E-state index is 9.93. The van der Waals surface area contributed by atoms with Gasteiger partial charge in [0.2, 0.25) is 0 Å². The minimum atomic E-state index is 0.207. The highest BCUT2D eigenvalue weighted by Crippen LogP contribution is 2.28. The third-order valence-electron chi connectivity index (χ3n) is 4.94. The molecule has 0 radical (unpaired) electrons. The van der Waals surface area contributed by atoms with Crippen LogP contribution in [0.2, 0.25) is 0 Å². The molecule has 4 nitrogen and oxygen atoms in total. The van der Waals surface area contributed by atoms with Crippen LogP contribution in [0.1, 0.15) is 24.2 Å². The topological polar surface area (TPSA) is 40.8 Å². The van der Waals surface area contributed by atoms with Gasteiger partial charge in [-0.05, 0) is 42.4 Å². The smallest absolute Gasteiger partial charge is 0.179 e. The van der Waals surface area contributed by atoms with Gasteiger partial charge < -0.3 is 5.11 Å². The fourth-order valence-corrected chi connectivity index (χ4v) is 3.41. The molecule has 25 heavy (non-hydrogen) atoms. The minimum Gasteiger partial charge on any atom is -0.504 e. The number of fused-ring (bicyclic) bond motifs is 2. The third kappa shape index (κ3) is 2.75. The van der Waals surface area contributed by atoms with E-state index in [0.29, 0.717) is 5.65 Å². The summed E-state index contributed by atoms with van der Waals surface area (Å²) in [6.45, 7) is 2.97. The van der Waals surface area contributed by atoms with Gasteiger partial charge in [0.05, 0.1) is 11.9 Å². The predicted octanol–water partition coefficient (Wildman–Crippen LogP) is 4.39. The number of aromatic hydroxyl groups is 1. The lowest BCUT2D eigenvalue weighted by atomic mass is 9.99. The molecule has 4 heteroatoms. The van der Waals surface area contributed by atoms with E-state index in [2.05, 4.69) is 66.3 Å². The molecule has 0 amide bonds. The van der Waals surface area contributed by atoms with Crippen LogP contribution in [0.15, 0.2) is 67.0 Å². The first-order valence-electron chi connectivity index (χ1n) is 8.47. The van der Waals surface area contributed by atoms with E-state index in [9.17, 15) is 5.11 Å². The van der Waals surface area contributed by atoms with Gasteiger partial charge in [-0.1, -0.05) is 42.5 Å². The van der Waals surface area contributed by atoms with Crippen LogP contribution in [0.3, 0.4) is 0 Å². The molecule has 1 atom stereocenters. The molecule has 1 N–H and O–H groups in total. The standard InChI is InChI=1S/C21H21N3O/c1-15(18-10-5-8-16-7-3-4-9-19(16)18)23(2)14-17-13-22-21-20(25)11-6-12-24(17)21/h3-13,15,25H,14H2,1-2H3/t15-/m1/s1. The largest absolute Gasteiger partial charge is 0.504 e. The maximum atomic E-state index is 9.93. The number of hydrogen-bond donors (Lipinski definition) is 1. The molecule has 0 saturated heterocycles. The second-order valence-corrected chi connectivity index (χ2v) is 6.50. The molecule has 0 aliphatic heterocycles. The summed E-state index contributed by atoms with van der Waals surface area (Å²) in [4.78, 5) is 6.64. The Morgan fingerprint density at radius 2 is 1.88 bits per heavy atom. The summed E-state index contributed by atoms with van der Waals surface area (Å²) in [5.74, 6) is 0.207. The van der Waals surface area contributed by atoms with Gasteiger partial charge in [-0.15, -0.1) is 0 Å². The SMILES string of the molecule is C[C@H](c1cccc2ccccc12)N(C)Cc1cnc2c(O)cccn12. The van der Waals surface area contributed by atoms with Gasteiger partial charge in [-0.3, -0.25) is 9.30 Å². The molecule has 0 unspecified atom stereocenters. The zero-order valence-electron chi connectivity index (χ0n) is 14.4. The monoisotopic (exact) mass is 331 g/mol. The summed E-state index contributed by atoms with van der Waals surface area (Å²) in [7, 11) is 2.12. The number of nitrogens with zero attached hydrogens (tertiary/aromatic N) is 3. The summed E-state index contributed by atoms with van der Waals surface area (Å²) in [5.41, 5.74) is 2.97. The van der Waals surface area contributed by atoms with Gasteiger partial charge in [-0.2, -0.15) is 0 Å². The molecule has 0 spiro atoms. The van der Waals surface area contributed by atoms with Crippen molar-refractivity contribution >= 4 is 16.4 Å². The van der Waals surface area contributed by atoms with Crippen molar-refractivity contribution in [3.05, 3.63) is 78.2 Å². The number of pyridine rings is 1. The highest BCUT2D eigenvalue weighted by Gasteiger charge is 2.16. The first kappa shape index (κ1) is 15.7. The highest BCUT2D eigenvalue weighted by atomic mass is 16.3. The quantitative estimate of drug-likeness (QED) is 0.603. The Kier molecular flexibility index (Phi) is 3.90. The van der Waals surface area contributed by atoms with Crippen LogP contribution in [-0.2, 0) is 6.54 Å². The summed E-state index contributed by atoms with van der Waals surface area (Å²) < 4.78 is 1.95. The molecule has 0 saturated carbocycles. The lowest BCUT2D eigenvalue weighted by Gasteiger charge is -2.26. The van der Waals surface area contributed by atoms with E-state index >= 15 is 0 Å². The zero-order valence-corrected chi connectivity index (χ0v) is 14.4. The highest BCUT2D eigenvalue weighted by molar-refractivity contribution is 5.86. The maximum Gasteiger partial charge on any atom is 0.179 e.